The third-order valence-corrected chi connectivity index (χ3v) is 4.57. The Balaban J connectivity index is 0.00000364. The number of guanidine groups is 1. The Morgan fingerprint density at radius 3 is 2.78 bits per heavy atom. The van der Waals surface area contributed by atoms with E-state index < -0.39 is 0 Å². The summed E-state index contributed by atoms with van der Waals surface area (Å²) in [5.74, 6) is 2.33. The molecule has 2 heterocycles. The number of nitrogens with one attached hydrogen (secondary N) is 2. The standard InChI is InChI=1S/C20H35N3O3.HI/c1-4-24-19(16(2)3)10-12-22-20(23-15-18-8-6-14-26-18)21-11-9-17-7-5-13-25-17;/h5,7,13,16,18-19H,4,6,8-12,14-15H2,1-3H3,(H2,21,22,23);1H. The summed E-state index contributed by atoms with van der Waals surface area (Å²) in [6.45, 7) is 10.4. The second-order valence-electron chi connectivity index (χ2n) is 7.03. The topological polar surface area (TPSA) is 68.0 Å². The van der Waals surface area contributed by atoms with Crippen molar-refractivity contribution in [2.75, 3.05) is 32.8 Å². The first-order valence-corrected chi connectivity index (χ1v) is 9.96. The maximum absolute atomic E-state index is 5.82. The molecule has 0 aromatic carbocycles. The molecule has 0 radical (unpaired) electrons. The molecule has 2 atom stereocenters. The van der Waals surface area contributed by atoms with Gasteiger partial charge in [-0.1, -0.05) is 13.8 Å². The normalized spacial score (nSPS) is 18.4. The lowest BCUT2D eigenvalue weighted by molar-refractivity contribution is 0.0258. The van der Waals surface area contributed by atoms with E-state index in [2.05, 4.69) is 24.5 Å². The van der Waals surface area contributed by atoms with E-state index in [0.717, 1.165) is 63.7 Å². The van der Waals surface area contributed by atoms with Crippen LogP contribution in [-0.4, -0.2) is 51.0 Å². The molecule has 2 rings (SSSR count). The van der Waals surface area contributed by atoms with Gasteiger partial charge >= 0.3 is 0 Å². The van der Waals surface area contributed by atoms with Crippen LogP contribution in [0.25, 0.3) is 0 Å². The Hall–Kier alpha value is -0.800. The molecule has 7 heteroatoms. The number of aliphatic imine (C=N–C) groups is 1. The second kappa shape index (κ2) is 14.2. The van der Waals surface area contributed by atoms with Crippen molar-refractivity contribution in [1.29, 1.82) is 0 Å². The molecule has 1 fully saturated rings. The summed E-state index contributed by atoms with van der Waals surface area (Å²) in [4.78, 5) is 4.71. The summed E-state index contributed by atoms with van der Waals surface area (Å²) in [6.07, 6.45) is 6.27. The zero-order valence-electron chi connectivity index (χ0n) is 16.9. The predicted molar refractivity (Wildman–Crippen MR) is 120 cm³/mol. The van der Waals surface area contributed by atoms with Crippen LogP contribution < -0.4 is 10.6 Å². The first-order chi connectivity index (χ1) is 12.7. The lowest BCUT2D eigenvalue weighted by atomic mass is 10.0. The summed E-state index contributed by atoms with van der Waals surface area (Å²) in [6, 6.07) is 3.91. The van der Waals surface area contributed by atoms with Crippen LogP contribution in [0.3, 0.4) is 0 Å². The molecule has 27 heavy (non-hydrogen) atoms. The van der Waals surface area contributed by atoms with Crippen molar-refractivity contribution in [1.82, 2.24) is 10.6 Å². The van der Waals surface area contributed by atoms with E-state index in [-0.39, 0.29) is 36.2 Å². The van der Waals surface area contributed by atoms with Gasteiger partial charge in [0.25, 0.3) is 0 Å². The van der Waals surface area contributed by atoms with Gasteiger partial charge in [0.1, 0.15) is 5.76 Å². The molecular weight excluding hydrogens is 457 g/mol. The lowest BCUT2D eigenvalue weighted by Crippen LogP contribution is -2.40. The second-order valence-corrected chi connectivity index (χ2v) is 7.03. The molecule has 1 aliphatic rings. The highest BCUT2D eigenvalue weighted by Gasteiger charge is 2.16. The van der Waals surface area contributed by atoms with Gasteiger partial charge in [0, 0.05) is 32.7 Å². The first kappa shape index (κ1) is 24.2. The summed E-state index contributed by atoms with van der Waals surface area (Å²) in [5.41, 5.74) is 0. The van der Waals surface area contributed by atoms with Crippen molar-refractivity contribution < 1.29 is 13.9 Å². The fourth-order valence-electron chi connectivity index (χ4n) is 3.07. The largest absolute Gasteiger partial charge is 0.469 e. The Morgan fingerprint density at radius 2 is 2.15 bits per heavy atom. The van der Waals surface area contributed by atoms with Gasteiger partial charge in [-0.25, -0.2) is 0 Å². The molecule has 2 unspecified atom stereocenters. The minimum Gasteiger partial charge on any atom is -0.469 e. The minimum absolute atomic E-state index is 0. The van der Waals surface area contributed by atoms with Crippen molar-refractivity contribution in [3.05, 3.63) is 24.2 Å². The quantitative estimate of drug-likeness (QED) is 0.280. The van der Waals surface area contributed by atoms with Crippen LogP contribution in [0, 0.1) is 5.92 Å². The highest BCUT2D eigenvalue weighted by Crippen LogP contribution is 2.12. The monoisotopic (exact) mass is 493 g/mol. The zero-order valence-corrected chi connectivity index (χ0v) is 19.2. The van der Waals surface area contributed by atoms with E-state index in [0.29, 0.717) is 12.5 Å². The average molecular weight is 493 g/mol. The van der Waals surface area contributed by atoms with Crippen LogP contribution in [0.4, 0.5) is 0 Å². The smallest absolute Gasteiger partial charge is 0.191 e. The van der Waals surface area contributed by atoms with E-state index in [1.807, 2.05) is 19.1 Å². The third-order valence-electron chi connectivity index (χ3n) is 4.57. The molecule has 0 saturated carbocycles. The number of hydrogen-bond acceptors (Lipinski definition) is 4. The van der Waals surface area contributed by atoms with Crippen LogP contribution in [0.15, 0.2) is 27.8 Å². The van der Waals surface area contributed by atoms with Crippen molar-refractivity contribution >= 4 is 29.9 Å². The molecule has 0 amide bonds. The predicted octanol–water partition coefficient (Wildman–Crippen LogP) is 3.61. The van der Waals surface area contributed by atoms with Gasteiger partial charge in [-0.2, -0.15) is 0 Å². The SMILES string of the molecule is CCOC(CCNC(=NCC1CCCO1)NCCc1ccco1)C(C)C.I. The zero-order chi connectivity index (χ0) is 18.6. The molecule has 156 valence electrons. The number of halogens is 1. The van der Waals surface area contributed by atoms with Crippen LogP contribution >= 0.6 is 24.0 Å². The fourth-order valence-corrected chi connectivity index (χ4v) is 3.07. The highest BCUT2D eigenvalue weighted by atomic mass is 127. The molecular formula is C20H36IN3O3. The molecule has 0 spiro atoms. The molecule has 1 aliphatic heterocycles. The number of ether oxygens (including phenoxy) is 2. The fraction of sp³-hybridized carbons (Fsp3) is 0.750. The highest BCUT2D eigenvalue weighted by molar-refractivity contribution is 14.0. The van der Waals surface area contributed by atoms with Gasteiger partial charge in [0.05, 0.1) is 25.0 Å². The van der Waals surface area contributed by atoms with Crippen molar-refractivity contribution in [2.45, 2.75) is 58.7 Å². The van der Waals surface area contributed by atoms with E-state index in [1.54, 1.807) is 6.26 Å². The summed E-state index contributed by atoms with van der Waals surface area (Å²) >= 11 is 0. The van der Waals surface area contributed by atoms with Gasteiger partial charge in [-0.05, 0) is 44.2 Å². The van der Waals surface area contributed by atoms with Gasteiger partial charge in [-0.3, -0.25) is 4.99 Å². The average Bonchev–Trinajstić information content (AvgIpc) is 3.32. The number of rotatable bonds is 11. The van der Waals surface area contributed by atoms with Gasteiger partial charge in [0.15, 0.2) is 5.96 Å². The van der Waals surface area contributed by atoms with Gasteiger partial charge in [0.2, 0.25) is 0 Å². The molecule has 2 N–H and O–H groups in total. The minimum atomic E-state index is 0. The van der Waals surface area contributed by atoms with Gasteiger partial charge < -0.3 is 24.5 Å². The number of furan rings is 1. The van der Waals surface area contributed by atoms with Crippen molar-refractivity contribution in [3.63, 3.8) is 0 Å². The Morgan fingerprint density at radius 1 is 1.33 bits per heavy atom. The van der Waals surface area contributed by atoms with E-state index in [4.69, 9.17) is 18.9 Å². The van der Waals surface area contributed by atoms with E-state index >= 15 is 0 Å². The Kier molecular flexibility index (Phi) is 12.8. The molecule has 6 nitrogen and oxygen atoms in total. The van der Waals surface area contributed by atoms with Crippen molar-refractivity contribution in [3.8, 4) is 0 Å². The maximum atomic E-state index is 5.82. The molecule has 1 saturated heterocycles. The Bertz CT molecular complexity index is 503. The summed E-state index contributed by atoms with van der Waals surface area (Å²) in [7, 11) is 0. The first-order valence-electron chi connectivity index (χ1n) is 9.96. The van der Waals surface area contributed by atoms with Crippen LogP contribution in [0.5, 0.6) is 0 Å². The number of hydrogen-bond donors (Lipinski definition) is 2. The van der Waals surface area contributed by atoms with E-state index in [1.165, 1.54) is 0 Å². The van der Waals surface area contributed by atoms with Gasteiger partial charge in [-0.15, -0.1) is 24.0 Å². The third kappa shape index (κ3) is 9.80. The molecule has 1 aromatic heterocycles. The maximum Gasteiger partial charge on any atom is 0.191 e. The number of nitrogens with zero attached hydrogens (tertiary/aromatic N) is 1. The molecule has 1 aromatic rings. The summed E-state index contributed by atoms with van der Waals surface area (Å²) < 4.78 is 16.9. The summed E-state index contributed by atoms with van der Waals surface area (Å²) in [5, 5.41) is 6.84. The lowest BCUT2D eigenvalue weighted by Gasteiger charge is -2.21. The molecule has 0 bridgehead atoms. The molecule has 0 aliphatic carbocycles. The van der Waals surface area contributed by atoms with Crippen LogP contribution in [0.2, 0.25) is 0 Å². The van der Waals surface area contributed by atoms with Crippen molar-refractivity contribution in [2.24, 2.45) is 10.9 Å². The van der Waals surface area contributed by atoms with Crippen LogP contribution in [0.1, 0.15) is 45.8 Å². The van der Waals surface area contributed by atoms with E-state index in [9.17, 15) is 0 Å². The Labute approximate surface area is 180 Å². The van der Waals surface area contributed by atoms with Crippen LogP contribution in [-0.2, 0) is 15.9 Å².